The van der Waals surface area contributed by atoms with Gasteiger partial charge in [0.15, 0.2) is 11.6 Å². The number of nitrogens with zero attached hydrogens (tertiary/aromatic N) is 1. The molecule has 0 bridgehead atoms. The van der Waals surface area contributed by atoms with Crippen molar-refractivity contribution in [1.29, 1.82) is 0 Å². The van der Waals surface area contributed by atoms with Crippen molar-refractivity contribution in [3.63, 3.8) is 0 Å². The highest BCUT2D eigenvalue weighted by molar-refractivity contribution is 6.52. The van der Waals surface area contributed by atoms with Crippen LogP contribution in [0.3, 0.4) is 0 Å². The Kier molecular flexibility index (Phi) is 6.20. The number of phenols is 1. The Hall–Kier alpha value is -3.62. The third-order valence-electron chi connectivity index (χ3n) is 5.28. The van der Waals surface area contributed by atoms with Gasteiger partial charge in [0.05, 0.1) is 29.3 Å². The Morgan fingerprint density at radius 3 is 2.41 bits per heavy atom. The van der Waals surface area contributed by atoms with Crippen LogP contribution in [0.4, 0.5) is 14.5 Å². The number of aliphatic hydroxyl groups excluding tert-OH is 1. The number of benzene rings is 3. The van der Waals surface area contributed by atoms with Crippen molar-refractivity contribution in [2.75, 3.05) is 12.0 Å². The molecule has 1 unspecified atom stereocenters. The lowest BCUT2D eigenvalue weighted by Crippen LogP contribution is -2.29. The molecule has 1 fully saturated rings. The summed E-state index contributed by atoms with van der Waals surface area (Å²) in [5.41, 5.74) is -0.368. The van der Waals surface area contributed by atoms with Crippen LogP contribution in [0.1, 0.15) is 17.2 Å². The highest BCUT2D eigenvalue weighted by atomic mass is 35.5. The van der Waals surface area contributed by atoms with Crippen LogP contribution in [0.25, 0.3) is 5.76 Å². The molecular weight excluding hydrogens is 491 g/mol. The van der Waals surface area contributed by atoms with Crippen LogP contribution in [0.15, 0.2) is 60.2 Å². The van der Waals surface area contributed by atoms with Gasteiger partial charge in [-0.15, -0.1) is 0 Å². The molecule has 0 aliphatic carbocycles. The molecule has 1 amide bonds. The quantitative estimate of drug-likeness (QED) is 0.273. The summed E-state index contributed by atoms with van der Waals surface area (Å²) < 4.78 is 32.8. The molecule has 174 valence electrons. The number of rotatable bonds is 4. The summed E-state index contributed by atoms with van der Waals surface area (Å²) in [5, 5.41) is 21.4. The summed E-state index contributed by atoms with van der Waals surface area (Å²) in [5.74, 6) is -5.43. The summed E-state index contributed by atoms with van der Waals surface area (Å²) >= 11 is 12.2. The van der Waals surface area contributed by atoms with Gasteiger partial charge in [-0.3, -0.25) is 14.5 Å². The average Bonchev–Trinajstić information content (AvgIpc) is 3.05. The van der Waals surface area contributed by atoms with E-state index in [1.54, 1.807) is 0 Å². The normalized spacial score (nSPS) is 17.3. The first-order valence-electron chi connectivity index (χ1n) is 9.72. The number of carbonyl (C=O) groups excluding carboxylic acids is 2. The van der Waals surface area contributed by atoms with E-state index in [9.17, 15) is 28.6 Å². The Morgan fingerprint density at radius 1 is 1.03 bits per heavy atom. The van der Waals surface area contributed by atoms with Gasteiger partial charge in [-0.25, -0.2) is 8.78 Å². The van der Waals surface area contributed by atoms with Crippen molar-refractivity contribution in [1.82, 2.24) is 0 Å². The van der Waals surface area contributed by atoms with Crippen molar-refractivity contribution in [2.24, 2.45) is 0 Å². The number of anilines is 1. The van der Waals surface area contributed by atoms with Crippen LogP contribution in [-0.2, 0) is 9.59 Å². The van der Waals surface area contributed by atoms with E-state index < -0.39 is 40.7 Å². The van der Waals surface area contributed by atoms with E-state index in [1.807, 2.05) is 0 Å². The first-order valence-corrected chi connectivity index (χ1v) is 10.5. The summed E-state index contributed by atoms with van der Waals surface area (Å²) in [4.78, 5) is 27.1. The molecule has 3 aromatic rings. The molecular formula is C24H15Cl2F2NO5. The molecule has 6 nitrogen and oxygen atoms in total. The smallest absolute Gasteiger partial charge is 0.300 e. The van der Waals surface area contributed by atoms with Gasteiger partial charge in [0.2, 0.25) is 0 Å². The summed E-state index contributed by atoms with van der Waals surface area (Å²) in [6.07, 6.45) is 0. The van der Waals surface area contributed by atoms with Gasteiger partial charge in [0.25, 0.3) is 11.7 Å². The second-order valence-electron chi connectivity index (χ2n) is 7.33. The molecule has 10 heteroatoms. The van der Waals surface area contributed by atoms with E-state index in [0.29, 0.717) is 0 Å². The molecule has 4 rings (SSSR count). The Balaban J connectivity index is 2.02. The summed E-state index contributed by atoms with van der Waals surface area (Å²) in [6, 6.07) is 9.65. The molecule has 1 heterocycles. The van der Waals surface area contributed by atoms with Gasteiger partial charge in [0, 0.05) is 16.8 Å². The highest BCUT2D eigenvalue weighted by Crippen LogP contribution is 2.45. The maximum atomic E-state index is 14.0. The van der Waals surface area contributed by atoms with E-state index in [2.05, 4.69) is 0 Å². The molecule has 0 radical (unpaired) electrons. The first kappa shape index (κ1) is 23.5. The zero-order valence-corrected chi connectivity index (χ0v) is 18.9. The molecule has 0 saturated carbocycles. The van der Waals surface area contributed by atoms with Crippen LogP contribution in [0, 0.1) is 11.6 Å². The number of amides is 1. The molecule has 0 aromatic heterocycles. The van der Waals surface area contributed by atoms with E-state index in [-0.39, 0.29) is 38.4 Å². The number of ether oxygens (including phenoxy) is 1. The maximum Gasteiger partial charge on any atom is 0.300 e. The number of ketones is 1. The van der Waals surface area contributed by atoms with Crippen LogP contribution in [-0.4, -0.2) is 29.0 Å². The average molecular weight is 506 g/mol. The van der Waals surface area contributed by atoms with Gasteiger partial charge >= 0.3 is 0 Å². The SMILES string of the molecule is COc1c(Cl)cc(Cl)cc1/C(O)=C1\C(=O)C(=O)N(c2ccc(F)c(F)c2)C1c1cccc(O)c1. The molecule has 0 spiro atoms. The zero-order valence-electron chi connectivity index (χ0n) is 17.4. The predicted molar refractivity (Wildman–Crippen MR) is 122 cm³/mol. The number of carbonyl (C=O) groups is 2. The van der Waals surface area contributed by atoms with Gasteiger partial charge in [0.1, 0.15) is 17.3 Å². The number of methoxy groups -OCH3 is 1. The van der Waals surface area contributed by atoms with Crippen molar-refractivity contribution in [3.05, 3.63) is 93.0 Å². The fraction of sp³-hybridized carbons (Fsp3) is 0.0833. The number of aromatic hydroxyl groups is 1. The number of hydrogen-bond donors (Lipinski definition) is 2. The highest BCUT2D eigenvalue weighted by Gasteiger charge is 2.47. The van der Waals surface area contributed by atoms with E-state index in [0.717, 1.165) is 23.1 Å². The molecule has 2 N–H and O–H groups in total. The molecule has 1 aliphatic rings. The van der Waals surface area contributed by atoms with E-state index in [1.165, 1.54) is 43.5 Å². The maximum absolute atomic E-state index is 14.0. The minimum Gasteiger partial charge on any atom is -0.508 e. The number of halogens is 4. The van der Waals surface area contributed by atoms with Gasteiger partial charge in [-0.1, -0.05) is 35.3 Å². The molecule has 34 heavy (non-hydrogen) atoms. The van der Waals surface area contributed by atoms with Crippen molar-refractivity contribution in [2.45, 2.75) is 6.04 Å². The van der Waals surface area contributed by atoms with Crippen LogP contribution < -0.4 is 9.64 Å². The second-order valence-corrected chi connectivity index (χ2v) is 8.17. The van der Waals surface area contributed by atoms with Crippen molar-refractivity contribution >= 4 is 46.3 Å². The molecule has 1 aliphatic heterocycles. The first-order chi connectivity index (χ1) is 16.1. The fourth-order valence-electron chi connectivity index (χ4n) is 3.83. The number of hydrogen-bond acceptors (Lipinski definition) is 5. The number of aliphatic hydroxyl groups is 1. The van der Waals surface area contributed by atoms with Crippen molar-refractivity contribution in [3.8, 4) is 11.5 Å². The Morgan fingerprint density at radius 2 is 1.76 bits per heavy atom. The van der Waals surface area contributed by atoms with Gasteiger partial charge in [-0.2, -0.15) is 0 Å². The summed E-state index contributed by atoms with van der Waals surface area (Å²) in [7, 11) is 1.29. The largest absolute Gasteiger partial charge is 0.508 e. The van der Waals surface area contributed by atoms with Crippen LogP contribution in [0.5, 0.6) is 11.5 Å². The third kappa shape index (κ3) is 3.95. The fourth-order valence-corrected chi connectivity index (χ4v) is 4.40. The van der Waals surface area contributed by atoms with Gasteiger partial charge in [-0.05, 0) is 42.0 Å². The Labute approximate surface area is 202 Å². The van der Waals surface area contributed by atoms with E-state index in [4.69, 9.17) is 27.9 Å². The van der Waals surface area contributed by atoms with Crippen molar-refractivity contribution < 1.29 is 33.3 Å². The summed E-state index contributed by atoms with van der Waals surface area (Å²) in [6.45, 7) is 0. The lowest BCUT2D eigenvalue weighted by Gasteiger charge is -2.25. The third-order valence-corrected chi connectivity index (χ3v) is 5.78. The lowest BCUT2D eigenvalue weighted by atomic mass is 9.94. The minimum absolute atomic E-state index is 0.00255. The lowest BCUT2D eigenvalue weighted by molar-refractivity contribution is -0.132. The molecule has 1 atom stereocenters. The number of Topliss-reactive ketones (excluding diaryl/α,β-unsaturated/α-hetero) is 1. The predicted octanol–water partition coefficient (Wildman–Crippen LogP) is 5.61. The van der Waals surface area contributed by atoms with Gasteiger partial charge < -0.3 is 14.9 Å². The molecule has 1 saturated heterocycles. The minimum atomic E-state index is -1.31. The standard InChI is InChI=1S/C24H15Cl2F2NO5/c1-34-23-15(8-12(25)9-16(23)26)21(31)19-20(11-3-2-4-14(30)7-11)29(24(33)22(19)32)13-5-6-17(27)18(28)10-13/h2-10,20,30-31H,1H3/b21-19+. The second kappa shape index (κ2) is 8.96. The zero-order chi connectivity index (χ0) is 24.7. The monoisotopic (exact) mass is 505 g/mol. The van der Waals surface area contributed by atoms with Crippen LogP contribution >= 0.6 is 23.2 Å². The number of phenolic OH excluding ortho intramolecular Hbond substituents is 1. The van der Waals surface area contributed by atoms with E-state index >= 15 is 0 Å². The van der Waals surface area contributed by atoms with Crippen LogP contribution in [0.2, 0.25) is 10.0 Å². The topological polar surface area (TPSA) is 87.1 Å². The Bertz CT molecular complexity index is 1380. The molecule has 3 aromatic carbocycles.